The summed E-state index contributed by atoms with van der Waals surface area (Å²) in [6.45, 7) is 0.592. The van der Waals surface area contributed by atoms with E-state index >= 15 is 0 Å². The number of hydrogen-bond acceptors (Lipinski definition) is 5. The minimum atomic E-state index is 0.437. The Morgan fingerprint density at radius 3 is 3.08 bits per heavy atom. The molecular weight excluding hydrogens is 174 g/mol. The van der Waals surface area contributed by atoms with Crippen LogP contribution in [-0.4, -0.2) is 20.0 Å². The molecule has 0 aliphatic rings. The Morgan fingerprint density at radius 1 is 1.58 bits per heavy atom. The fourth-order valence-corrected chi connectivity index (χ4v) is 1.43. The van der Waals surface area contributed by atoms with Crippen molar-refractivity contribution < 1.29 is 0 Å². The normalized spacial score (nSPS) is 10.3. The molecule has 2 aromatic rings. The smallest absolute Gasteiger partial charge is 0.165 e. The van der Waals surface area contributed by atoms with E-state index in [2.05, 4.69) is 15.2 Å². The van der Waals surface area contributed by atoms with E-state index in [9.17, 15) is 0 Å². The molecule has 0 aliphatic carbocycles. The van der Waals surface area contributed by atoms with Gasteiger partial charge in [0.2, 0.25) is 0 Å². The standard InChI is InChI=1S/C6H7N5S/c7-5-3-9-11(10-5)4-6-8-1-2-12-6/h1-3H,4H2,(H2,7,10). The Hall–Kier alpha value is -1.43. The maximum Gasteiger partial charge on any atom is 0.165 e. The van der Waals surface area contributed by atoms with Crippen LogP contribution < -0.4 is 5.73 Å². The number of nitrogens with zero attached hydrogens (tertiary/aromatic N) is 4. The molecule has 0 saturated heterocycles. The molecule has 62 valence electrons. The molecule has 0 amide bonds. The van der Waals surface area contributed by atoms with E-state index in [1.807, 2.05) is 5.38 Å². The first-order valence-electron chi connectivity index (χ1n) is 3.38. The average Bonchev–Trinajstić information content (AvgIpc) is 2.63. The molecule has 6 heteroatoms. The van der Waals surface area contributed by atoms with Gasteiger partial charge in [-0.15, -0.1) is 16.4 Å². The fourth-order valence-electron chi connectivity index (χ4n) is 0.839. The number of hydrogen-bond donors (Lipinski definition) is 1. The molecule has 0 saturated carbocycles. The summed E-state index contributed by atoms with van der Waals surface area (Å²) in [5.41, 5.74) is 5.40. The summed E-state index contributed by atoms with van der Waals surface area (Å²) in [6.07, 6.45) is 3.28. The first kappa shape index (κ1) is 7.23. The van der Waals surface area contributed by atoms with Gasteiger partial charge in [0.05, 0.1) is 6.20 Å². The van der Waals surface area contributed by atoms with Crippen LogP contribution in [0.5, 0.6) is 0 Å². The molecule has 2 rings (SSSR count). The zero-order valence-corrected chi connectivity index (χ0v) is 7.03. The highest BCUT2D eigenvalue weighted by molar-refractivity contribution is 7.09. The van der Waals surface area contributed by atoms with Crippen LogP contribution in [0, 0.1) is 0 Å². The minimum absolute atomic E-state index is 0.437. The third kappa shape index (κ3) is 1.42. The van der Waals surface area contributed by atoms with E-state index in [1.54, 1.807) is 17.5 Å². The molecule has 0 aliphatic heterocycles. The minimum Gasteiger partial charge on any atom is -0.381 e. The molecule has 2 heterocycles. The van der Waals surface area contributed by atoms with Crippen LogP contribution in [0.25, 0.3) is 0 Å². The van der Waals surface area contributed by atoms with Gasteiger partial charge in [0.25, 0.3) is 0 Å². The summed E-state index contributed by atoms with van der Waals surface area (Å²) in [6, 6.07) is 0. The van der Waals surface area contributed by atoms with Crippen molar-refractivity contribution in [1.29, 1.82) is 0 Å². The van der Waals surface area contributed by atoms with Crippen molar-refractivity contribution in [3.63, 3.8) is 0 Å². The van der Waals surface area contributed by atoms with Crippen molar-refractivity contribution in [2.24, 2.45) is 0 Å². The molecule has 12 heavy (non-hydrogen) atoms. The van der Waals surface area contributed by atoms with Gasteiger partial charge in [-0.05, 0) is 0 Å². The van der Waals surface area contributed by atoms with E-state index in [0.29, 0.717) is 12.4 Å². The quantitative estimate of drug-likeness (QED) is 0.726. The molecule has 0 fully saturated rings. The van der Waals surface area contributed by atoms with Crippen LogP contribution in [0.15, 0.2) is 17.8 Å². The van der Waals surface area contributed by atoms with E-state index in [0.717, 1.165) is 5.01 Å². The Labute approximate surface area is 72.8 Å². The summed E-state index contributed by atoms with van der Waals surface area (Å²) >= 11 is 1.57. The van der Waals surface area contributed by atoms with Gasteiger partial charge in [-0.1, -0.05) is 0 Å². The molecule has 0 bridgehead atoms. The summed E-state index contributed by atoms with van der Waals surface area (Å²) in [5, 5.41) is 10.8. The lowest BCUT2D eigenvalue weighted by atomic mass is 10.7. The van der Waals surface area contributed by atoms with Gasteiger partial charge < -0.3 is 5.73 Å². The predicted molar refractivity (Wildman–Crippen MR) is 45.7 cm³/mol. The average molecular weight is 181 g/mol. The highest BCUT2D eigenvalue weighted by Crippen LogP contribution is 2.05. The van der Waals surface area contributed by atoms with Gasteiger partial charge in [-0.3, -0.25) is 0 Å². The molecule has 0 spiro atoms. The molecule has 5 nitrogen and oxygen atoms in total. The summed E-state index contributed by atoms with van der Waals surface area (Å²) in [7, 11) is 0. The highest BCUT2D eigenvalue weighted by Gasteiger charge is 1.99. The van der Waals surface area contributed by atoms with Gasteiger partial charge in [0.15, 0.2) is 5.82 Å². The highest BCUT2D eigenvalue weighted by atomic mass is 32.1. The van der Waals surface area contributed by atoms with E-state index in [4.69, 9.17) is 5.73 Å². The zero-order chi connectivity index (χ0) is 8.39. The second-order valence-corrected chi connectivity index (χ2v) is 3.20. The van der Waals surface area contributed by atoms with Crippen LogP contribution >= 0.6 is 11.3 Å². The maximum atomic E-state index is 5.40. The first-order chi connectivity index (χ1) is 5.84. The van der Waals surface area contributed by atoms with Gasteiger partial charge >= 0.3 is 0 Å². The monoisotopic (exact) mass is 181 g/mol. The molecule has 2 aromatic heterocycles. The van der Waals surface area contributed by atoms with Crippen molar-refractivity contribution >= 4 is 17.2 Å². The van der Waals surface area contributed by atoms with E-state index < -0.39 is 0 Å². The summed E-state index contributed by atoms with van der Waals surface area (Å²) < 4.78 is 0. The van der Waals surface area contributed by atoms with Crippen LogP contribution in [0.3, 0.4) is 0 Å². The number of rotatable bonds is 2. The third-order valence-corrected chi connectivity index (χ3v) is 2.08. The topological polar surface area (TPSA) is 69.6 Å². The third-order valence-electron chi connectivity index (χ3n) is 1.31. The lowest BCUT2D eigenvalue weighted by Crippen LogP contribution is -2.03. The molecule has 0 atom stereocenters. The number of aromatic nitrogens is 4. The Balaban J connectivity index is 2.14. The SMILES string of the molecule is Nc1cnn(Cc2nccs2)n1. The van der Waals surface area contributed by atoms with Crippen molar-refractivity contribution in [2.75, 3.05) is 5.73 Å². The second kappa shape index (κ2) is 2.90. The van der Waals surface area contributed by atoms with Gasteiger partial charge in [-0.25, -0.2) is 4.98 Å². The molecule has 0 radical (unpaired) electrons. The predicted octanol–water partition coefficient (Wildman–Crippen LogP) is 0.365. The first-order valence-corrected chi connectivity index (χ1v) is 4.26. The number of anilines is 1. The Kier molecular flexibility index (Phi) is 1.75. The zero-order valence-electron chi connectivity index (χ0n) is 6.21. The van der Waals surface area contributed by atoms with Crippen molar-refractivity contribution in [2.45, 2.75) is 6.54 Å². The molecule has 2 N–H and O–H groups in total. The number of nitrogen functional groups attached to an aromatic ring is 1. The Morgan fingerprint density at radius 2 is 2.50 bits per heavy atom. The fraction of sp³-hybridized carbons (Fsp3) is 0.167. The van der Waals surface area contributed by atoms with Crippen molar-refractivity contribution in [3.8, 4) is 0 Å². The van der Waals surface area contributed by atoms with Crippen LogP contribution in [0.2, 0.25) is 0 Å². The molecule has 0 aromatic carbocycles. The number of nitrogens with two attached hydrogens (primary N) is 1. The lowest BCUT2D eigenvalue weighted by molar-refractivity contribution is 0.591. The largest absolute Gasteiger partial charge is 0.381 e. The van der Waals surface area contributed by atoms with Crippen molar-refractivity contribution in [1.82, 2.24) is 20.0 Å². The lowest BCUT2D eigenvalue weighted by Gasteiger charge is -1.92. The second-order valence-electron chi connectivity index (χ2n) is 2.23. The van der Waals surface area contributed by atoms with Crippen LogP contribution in [0.1, 0.15) is 5.01 Å². The molecular formula is C6H7N5S. The van der Waals surface area contributed by atoms with E-state index in [1.165, 1.54) is 11.0 Å². The van der Waals surface area contributed by atoms with Gasteiger partial charge in [-0.2, -0.15) is 9.90 Å². The van der Waals surface area contributed by atoms with Crippen LogP contribution in [0.4, 0.5) is 5.82 Å². The van der Waals surface area contributed by atoms with Gasteiger partial charge in [0.1, 0.15) is 11.6 Å². The maximum absolute atomic E-state index is 5.40. The van der Waals surface area contributed by atoms with E-state index in [-0.39, 0.29) is 0 Å². The number of thiazole rings is 1. The van der Waals surface area contributed by atoms with Crippen molar-refractivity contribution in [3.05, 3.63) is 22.8 Å². The van der Waals surface area contributed by atoms with Crippen LogP contribution in [-0.2, 0) is 6.54 Å². The molecule has 0 unspecified atom stereocenters. The summed E-state index contributed by atoms with van der Waals surface area (Å²) in [5.74, 6) is 0.437. The van der Waals surface area contributed by atoms with Gasteiger partial charge in [0, 0.05) is 11.6 Å². The Bertz CT molecular complexity index is 352. The summed E-state index contributed by atoms with van der Waals surface area (Å²) in [4.78, 5) is 5.62.